The molecule has 2 saturated carbocycles. The smallest absolute Gasteiger partial charge is 0.0512 e. The summed E-state index contributed by atoms with van der Waals surface area (Å²) in [5, 5.41) is 0. The van der Waals surface area contributed by atoms with Crippen molar-refractivity contribution in [1.29, 1.82) is 0 Å². The van der Waals surface area contributed by atoms with Crippen LogP contribution in [0.2, 0.25) is 0 Å². The molecule has 122 valence electrons. The Balaban J connectivity index is 1.49. The van der Waals surface area contributed by atoms with Crippen LogP contribution in [0.1, 0.15) is 78.1 Å². The molecule has 2 heteroatoms. The molecule has 0 radical (unpaired) electrons. The number of nitrogens with zero attached hydrogens (tertiary/aromatic N) is 2. The van der Waals surface area contributed by atoms with Crippen LogP contribution in [0.25, 0.3) is 0 Å². The molecule has 3 aliphatic rings. The summed E-state index contributed by atoms with van der Waals surface area (Å²) in [6.45, 7) is 8.88. The van der Waals surface area contributed by atoms with E-state index in [1.807, 2.05) is 0 Å². The summed E-state index contributed by atoms with van der Waals surface area (Å²) >= 11 is 0. The molecule has 0 aromatic heterocycles. The first-order valence-corrected chi connectivity index (χ1v) is 9.74. The van der Waals surface area contributed by atoms with Gasteiger partial charge >= 0.3 is 0 Å². The van der Waals surface area contributed by atoms with E-state index in [2.05, 4.69) is 23.6 Å². The highest BCUT2D eigenvalue weighted by molar-refractivity contribution is 4.86. The molecular formula is C19H36N2. The van der Waals surface area contributed by atoms with E-state index in [4.69, 9.17) is 0 Å². The van der Waals surface area contributed by atoms with Crippen molar-refractivity contribution in [2.75, 3.05) is 19.8 Å². The molecule has 1 heterocycles. The molecule has 3 fully saturated rings. The first-order chi connectivity index (χ1) is 10.3. The van der Waals surface area contributed by atoms with Crippen LogP contribution in [0, 0.1) is 11.8 Å². The first-order valence-electron chi connectivity index (χ1n) is 9.74. The fourth-order valence-electron chi connectivity index (χ4n) is 5.13. The highest BCUT2D eigenvalue weighted by atomic mass is 15.4. The number of hydrogen-bond donors (Lipinski definition) is 0. The SMILES string of the molecule is CC(C1CCCCC1)N1CCN(C(C)C2CCCCC2)C1. The van der Waals surface area contributed by atoms with Crippen LogP contribution in [0.4, 0.5) is 0 Å². The Morgan fingerprint density at radius 2 is 1.00 bits per heavy atom. The molecule has 2 aliphatic carbocycles. The van der Waals surface area contributed by atoms with Gasteiger partial charge in [0, 0.05) is 25.2 Å². The Morgan fingerprint density at radius 3 is 1.38 bits per heavy atom. The van der Waals surface area contributed by atoms with E-state index in [1.165, 1.54) is 84.0 Å². The molecule has 0 aromatic rings. The van der Waals surface area contributed by atoms with Gasteiger partial charge in [-0.15, -0.1) is 0 Å². The summed E-state index contributed by atoms with van der Waals surface area (Å²) in [6, 6.07) is 1.63. The predicted molar refractivity (Wildman–Crippen MR) is 90.4 cm³/mol. The summed E-state index contributed by atoms with van der Waals surface area (Å²) in [4.78, 5) is 5.57. The first kappa shape index (κ1) is 15.8. The zero-order valence-electron chi connectivity index (χ0n) is 14.4. The molecule has 21 heavy (non-hydrogen) atoms. The van der Waals surface area contributed by atoms with Gasteiger partial charge in [-0.05, 0) is 51.4 Å². The number of rotatable bonds is 4. The lowest BCUT2D eigenvalue weighted by atomic mass is 9.84. The fraction of sp³-hybridized carbons (Fsp3) is 1.00. The lowest BCUT2D eigenvalue weighted by molar-refractivity contribution is 0.0967. The lowest BCUT2D eigenvalue weighted by Gasteiger charge is -2.36. The minimum absolute atomic E-state index is 0.814. The third-order valence-electron chi connectivity index (χ3n) is 6.85. The van der Waals surface area contributed by atoms with Gasteiger partial charge in [-0.2, -0.15) is 0 Å². The maximum Gasteiger partial charge on any atom is 0.0512 e. The monoisotopic (exact) mass is 292 g/mol. The fourth-order valence-corrected chi connectivity index (χ4v) is 5.13. The summed E-state index contributed by atoms with van der Waals surface area (Å²) in [5.41, 5.74) is 0. The van der Waals surface area contributed by atoms with Crippen molar-refractivity contribution in [3.05, 3.63) is 0 Å². The molecule has 2 atom stereocenters. The van der Waals surface area contributed by atoms with Crippen LogP contribution >= 0.6 is 0 Å². The topological polar surface area (TPSA) is 6.48 Å². The second kappa shape index (κ2) is 7.46. The van der Waals surface area contributed by atoms with E-state index in [1.54, 1.807) is 0 Å². The molecule has 1 aliphatic heterocycles. The molecule has 0 amide bonds. The Hall–Kier alpha value is -0.0800. The second-order valence-corrected chi connectivity index (χ2v) is 8.04. The van der Waals surface area contributed by atoms with Crippen LogP contribution in [-0.2, 0) is 0 Å². The van der Waals surface area contributed by atoms with Crippen LogP contribution in [0.3, 0.4) is 0 Å². The second-order valence-electron chi connectivity index (χ2n) is 8.04. The summed E-state index contributed by atoms with van der Waals surface area (Å²) in [7, 11) is 0. The summed E-state index contributed by atoms with van der Waals surface area (Å²) in [6.07, 6.45) is 14.8. The van der Waals surface area contributed by atoms with Gasteiger partial charge < -0.3 is 0 Å². The van der Waals surface area contributed by atoms with E-state index in [-0.39, 0.29) is 0 Å². The Bertz CT molecular complexity index is 275. The molecule has 0 aromatic carbocycles. The van der Waals surface area contributed by atoms with E-state index < -0.39 is 0 Å². The molecule has 2 nitrogen and oxygen atoms in total. The third kappa shape index (κ3) is 3.82. The minimum Gasteiger partial charge on any atom is -0.286 e. The minimum atomic E-state index is 0.814. The molecule has 0 spiro atoms. The van der Waals surface area contributed by atoms with Gasteiger partial charge in [0.2, 0.25) is 0 Å². The van der Waals surface area contributed by atoms with Gasteiger partial charge in [0.05, 0.1) is 6.67 Å². The van der Waals surface area contributed by atoms with Crippen molar-refractivity contribution in [3.8, 4) is 0 Å². The van der Waals surface area contributed by atoms with Gasteiger partial charge in [0.15, 0.2) is 0 Å². The van der Waals surface area contributed by atoms with E-state index >= 15 is 0 Å². The Labute approximate surface area is 132 Å². The van der Waals surface area contributed by atoms with E-state index in [0.29, 0.717) is 0 Å². The zero-order valence-corrected chi connectivity index (χ0v) is 14.4. The van der Waals surface area contributed by atoms with Crippen LogP contribution in [0.5, 0.6) is 0 Å². The van der Waals surface area contributed by atoms with Gasteiger partial charge in [-0.1, -0.05) is 38.5 Å². The summed E-state index contributed by atoms with van der Waals surface area (Å²) < 4.78 is 0. The van der Waals surface area contributed by atoms with Crippen LogP contribution in [-0.4, -0.2) is 41.6 Å². The lowest BCUT2D eigenvalue weighted by Crippen LogP contribution is -2.42. The Morgan fingerprint density at radius 1 is 0.619 bits per heavy atom. The highest BCUT2D eigenvalue weighted by Crippen LogP contribution is 2.32. The zero-order chi connectivity index (χ0) is 14.7. The predicted octanol–water partition coefficient (Wildman–Crippen LogP) is 4.50. The molecular weight excluding hydrogens is 256 g/mol. The van der Waals surface area contributed by atoms with Gasteiger partial charge in [-0.3, -0.25) is 9.80 Å². The van der Waals surface area contributed by atoms with Gasteiger partial charge in [0.1, 0.15) is 0 Å². The molecule has 2 unspecified atom stereocenters. The quantitative estimate of drug-likeness (QED) is 0.753. The number of hydrogen-bond acceptors (Lipinski definition) is 2. The molecule has 0 bridgehead atoms. The van der Waals surface area contributed by atoms with Gasteiger partial charge in [-0.25, -0.2) is 0 Å². The van der Waals surface area contributed by atoms with Crippen molar-refractivity contribution in [2.45, 2.75) is 90.1 Å². The van der Waals surface area contributed by atoms with E-state index in [0.717, 1.165) is 23.9 Å². The Kier molecular flexibility index (Phi) is 5.61. The molecule has 1 saturated heterocycles. The van der Waals surface area contributed by atoms with Crippen molar-refractivity contribution in [1.82, 2.24) is 9.80 Å². The van der Waals surface area contributed by atoms with Crippen LogP contribution in [0.15, 0.2) is 0 Å². The van der Waals surface area contributed by atoms with Gasteiger partial charge in [0.25, 0.3) is 0 Å². The van der Waals surface area contributed by atoms with E-state index in [9.17, 15) is 0 Å². The van der Waals surface area contributed by atoms with Crippen molar-refractivity contribution in [3.63, 3.8) is 0 Å². The highest BCUT2D eigenvalue weighted by Gasteiger charge is 2.33. The maximum atomic E-state index is 2.79. The standard InChI is InChI=1S/C19H36N2/c1-16(18-9-5-3-6-10-18)20-13-14-21(15-20)17(2)19-11-7-4-8-12-19/h16-19H,3-15H2,1-2H3. The average molecular weight is 293 g/mol. The van der Waals surface area contributed by atoms with Crippen molar-refractivity contribution < 1.29 is 0 Å². The molecule has 0 N–H and O–H groups in total. The maximum absolute atomic E-state index is 2.79. The normalized spacial score (nSPS) is 30.6. The third-order valence-corrected chi connectivity index (χ3v) is 6.85. The summed E-state index contributed by atoms with van der Waals surface area (Å²) in [5.74, 6) is 1.95. The van der Waals surface area contributed by atoms with Crippen molar-refractivity contribution >= 4 is 0 Å². The van der Waals surface area contributed by atoms with Crippen LogP contribution < -0.4 is 0 Å². The van der Waals surface area contributed by atoms with Crippen molar-refractivity contribution in [2.24, 2.45) is 11.8 Å². The largest absolute Gasteiger partial charge is 0.286 e. The average Bonchev–Trinajstić information content (AvgIpc) is 3.05. The molecule has 3 rings (SSSR count).